The van der Waals surface area contributed by atoms with Crippen molar-refractivity contribution in [3.05, 3.63) is 40.5 Å². The summed E-state index contributed by atoms with van der Waals surface area (Å²) >= 11 is 0. The van der Waals surface area contributed by atoms with E-state index in [1.165, 1.54) is 20.3 Å². The van der Waals surface area contributed by atoms with Crippen LogP contribution in [0.2, 0.25) is 0 Å². The molecule has 0 heterocycles. The van der Waals surface area contributed by atoms with Gasteiger partial charge in [-0.05, 0) is 36.6 Å². The summed E-state index contributed by atoms with van der Waals surface area (Å²) < 4.78 is 9.16. The van der Waals surface area contributed by atoms with E-state index in [1.807, 2.05) is 32.0 Å². The van der Waals surface area contributed by atoms with E-state index in [-0.39, 0.29) is 5.57 Å². The van der Waals surface area contributed by atoms with Gasteiger partial charge in [-0.25, -0.2) is 9.59 Å². The number of aryl methyl sites for hydroxylation is 2. The molecule has 0 bridgehead atoms. The van der Waals surface area contributed by atoms with Crippen LogP contribution < -0.4 is 0 Å². The normalized spacial score (nSPS) is 9.56. The molecular weight excluding hydrogens is 232 g/mol. The average Bonchev–Trinajstić information content (AvgIpc) is 2.37. The van der Waals surface area contributed by atoms with Gasteiger partial charge < -0.3 is 9.47 Å². The second-order valence-corrected chi connectivity index (χ2v) is 3.85. The number of hydrogen-bond acceptors (Lipinski definition) is 4. The maximum Gasteiger partial charge on any atom is 0.345 e. The molecule has 18 heavy (non-hydrogen) atoms. The first-order chi connectivity index (χ1) is 8.51. The number of methoxy groups -OCH3 is 2. The van der Waals surface area contributed by atoms with E-state index in [4.69, 9.17) is 0 Å². The topological polar surface area (TPSA) is 52.6 Å². The maximum atomic E-state index is 11.5. The Bertz CT molecular complexity index is 462. The van der Waals surface area contributed by atoms with Gasteiger partial charge in [0.2, 0.25) is 0 Å². The molecule has 0 aliphatic heterocycles. The van der Waals surface area contributed by atoms with Crippen LogP contribution in [0, 0.1) is 13.8 Å². The van der Waals surface area contributed by atoms with Gasteiger partial charge in [-0.15, -0.1) is 0 Å². The minimum Gasteiger partial charge on any atom is -0.465 e. The Hall–Kier alpha value is -2.10. The van der Waals surface area contributed by atoms with E-state index >= 15 is 0 Å². The zero-order valence-corrected chi connectivity index (χ0v) is 10.9. The van der Waals surface area contributed by atoms with Gasteiger partial charge >= 0.3 is 11.9 Å². The summed E-state index contributed by atoms with van der Waals surface area (Å²) in [6, 6.07) is 5.73. The molecule has 0 spiro atoms. The van der Waals surface area contributed by atoms with Gasteiger partial charge in [0.15, 0.2) is 0 Å². The monoisotopic (exact) mass is 248 g/mol. The minimum absolute atomic E-state index is 0.114. The smallest absolute Gasteiger partial charge is 0.345 e. The second-order valence-electron chi connectivity index (χ2n) is 3.85. The summed E-state index contributed by atoms with van der Waals surface area (Å²) in [5.74, 6) is -1.41. The Balaban J connectivity index is 3.32. The van der Waals surface area contributed by atoms with Crippen molar-refractivity contribution < 1.29 is 19.1 Å². The molecular formula is C14H16O4. The fourth-order valence-corrected chi connectivity index (χ4v) is 1.62. The van der Waals surface area contributed by atoms with E-state index in [0.717, 1.165) is 16.7 Å². The van der Waals surface area contributed by atoms with Crippen LogP contribution >= 0.6 is 0 Å². The van der Waals surface area contributed by atoms with Gasteiger partial charge in [-0.2, -0.15) is 0 Å². The highest BCUT2D eigenvalue weighted by Crippen LogP contribution is 2.18. The first-order valence-corrected chi connectivity index (χ1v) is 5.45. The van der Waals surface area contributed by atoms with Gasteiger partial charge in [0, 0.05) is 0 Å². The fourth-order valence-electron chi connectivity index (χ4n) is 1.62. The van der Waals surface area contributed by atoms with Crippen molar-refractivity contribution in [2.45, 2.75) is 13.8 Å². The Morgan fingerprint density at radius 1 is 1.00 bits per heavy atom. The lowest BCUT2D eigenvalue weighted by atomic mass is 10.0. The zero-order chi connectivity index (χ0) is 13.7. The molecule has 0 radical (unpaired) electrons. The molecule has 0 aliphatic carbocycles. The van der Waals surface area contributed by atoms with Crippen molar-refractivity contribution in [2.24, 2.45) is 0 Å². The zero-order valence-electron chi connectivity index (χ0n) is 10.9. The third kappa shape index (κ3) is 2.97. The van der Waals surface area contributed by atoms with Gasteiger partial charge in [0.1, 0.15) is 5.57 Å². The van der Waals surface area contributed by atoms with Crippen molar-refractivity contribution in [3.63, 3.8) is 0 Å². The first kappa shape index (κ1) is 14.0. The summed E-state index contributed by atoms with van der Waals surface area (Å²) in [5, 5.41) is 0. The third-order valence-corrected chi connectivity index (χ3v) is 2.64. The SMILES string of the molecule is COC(=O)C(=Cc1c(C)cccc1C)C(=O)OC. The quantitative estimate of drug-likeness (QED) is 0.355. The molecule has 4 nitrogen and oxygen atoms in total. The van der Waals surface area contributed by atoms with Gasteiger partial charge in [-0.1, -0.05) is 18.2 Å². The standard InChI is InChI=1S/C14H16O4/c1-9-6-5-7-10(2)11(9)8-12(13(15)17-3)14(16)18-4/h5-8H,1-4H3. The molecule has 96 valence electrons. The second kappa shape index (κ2) is 6.00. The van der Waals surface area contributed by atoms with Crippen molar-refractivity contribution in [1.29, 1.82) is 0 Å². The number of ether oxygens (including phenoxy) is 2. The molecule has 0 aliphatic rings. The van der Waals surface area contributed by atoms with E-state index in [2.05, 4.69) is 9.47 Å². The Morgan fingerprint density at radius 2 is 1.44 bits per heavy atom. The molecule has 0 N–H and O–H groups in total. The summed E-state index contributed by atoms with van der Waals surface area (Å²) in [4.78, 5) is 23.1. The van der Waals surface area contributed by atoms with Crippen molar-refractivity contribution in [2.75, 3.05) is 14.2 Å². The Kier molecular flexibility index (Phi) is 4.66. The highest BCUT2D eigenvalue weighted by molar-refractivity contribution is 6.17. The first-order valence-electron chi connectivity index (χ1n) is 5.45. The van der Waals surface area contributed by atoms with Gasteiger partial charge in [0.25, 0.3) is 0 Å². The largest absolute Gasteiger partial charge is 0.465 e. The Labute approximate surface area is 106 Å². The Morgan fingerprint density at radius 3 is 1.83 bits per heavy atom. The van der Waals surface area contributed by atoms with Crippen LogP contribution in [0.25, 0.3) is 6.08 Å². The minimum atomic E-state index is -0.704. The van der Waals surface area contributed by atoms with Crippen molar-refractivity contribution >= 4 is 18.0 Å². The van der Waals surface area contributed by atoms with E-state index in [9.17, 15) is 9.59 Å². The number of hydrogen-bond donors (Lipinski definition) is 0. The van der Waals surface area contributed by atoms with Crippen molar-refractivity contribution in [1.82, 2.24) is 0 Å². The van der Waals surface area contributed by atoms with Gasteiger partial charge in [-0.3, -0.25) is 0 Å². The lowest BCUT2D eigenvalue weighted by Crippen LogP contribution is -2.15. The molecule has 0 saturated heterocycles. The number of carbonyl (C=O) groups is 2. The van der Waals surface area contributed by atoms with E-state index in [1.54, 1.807) is 0 Å². The summed E-state index contributed by atoms with van der Waals surface area (Å²) in [6.07, 6.45) is 1.50. The molecule has 0 amide bonds. The summed E-state index contributed by atoms with van der Waals surface area (Å²) in [6.45, 7) is 3.82. The molecule has 1 aromatic carbocycles. The number of esters is 2. The molecule has 0 aromatic heterocycles. The van der Waals surface area contributed by atoms with Crippen LogP contribution in [0.15, 0.2) is 23.8 Å². The molecule has 4 heteroatoms. The number of benzene rings is 1. The van der Waals surface area contributed by atoms with E-state index < -0.39 is 11.9 Å². The fraction of sp³-hybridized carbons (Fsp3) is 0.286. The summed E-state index contributed by atoms with van der Waals surface area (Å²) in [5.41, 5.74) is 2.65. The third-order valence-electron chi connectivity index (χ3n) is 2.64. The highest BCUT2D eigenvalue weighted by atomic mass is 16.5. The van der Waals surface area contributed by atoms with Crippen LogP contribution in [0.3, 0.4) is 0 Å². The maximum absolute atomic E-state index is 11.5. The molecule has 0 unspecified atom stereocenters. The van der Waals surface area contributed by atoms with E-state index in [0.29, 0.717) is 0 Å². The predicted molar refractivity (Wildman–Crippen MR) is 67.9 cm³/mol. The molecule has 1 aromatic rings. The highest BCUT2D eigenvalue weighted by Gasteiger charge is 2.20. The number of carbonyl (C=O) groups excluding carboxylic acids is 2. The summed E-state index contributed by atoms with van der Waals surface area (Å²) in [7, 11) is 2.45. The van der Waals surface area contributed by atoms with Gasteiger partial charge in [0.05, 0.1) is 14.2 Å². The van der Waals surface area contributed by atoms with Crippen LogP contribution in [-0.4, -0.2) is 26.2 Å². The lowest BCUT2D eigenvalue weighted by Gasteiger charge is -2.07. The molecule has 0 saturated carbocycles. The molecule has 1 rings (SSSR count). The van der Waals surface area contributed by atoms with Crippen LogP contribution in [0.4, 0.5) is 0 Å². The van der Waals surface area contributed by atoms with Crippen molar-refractivity contribution in [3.8, 4) is 0 Å². The lowest BCUT2D eigenvalue weighted by molar-refractivity contribution is -0.143. The molecule has 0 fully saturated rings. The predicted octanol–water partition coefficient (Wildman–Crippen LogP) is 2.03. The van der Waals surface area contributed by atoms with Crippen LogP contribution in [0.5, 0.6) is 0 Å². The molecule has 0 atom stereocenters. The number of rotatable bonds is 3. The van der Waals surface area contributed by atoms with Crippen LogP contribution in [-0.2, 0) is 19.1 Å². The van der Waals surface area contributed by atoms with Crippen LogP contribution in [0.1, 0.15) is 16.7 Å². The average molecular weight is 248 g/mol.